The number of fused-ring (bicyclic) bond motifs is 1. The van der Waals surface area contributed by atoms with Gasteiger partial charge < -0.3 is 15.0 Å². The molecule has 1 N–H and O–H groups in total. The van der Waals surface area contributed by atoms with Gasteiger partial charge in [0.15, 0.2) is 0 Å². The zero-order chi connectivity index (χ0) is 18.1. The van der Waals surface area contributed by atoms with Crippen molar-refractivity contribution < 1.29 is 13.9 Å². The van der Waals surface area contributed by atoms with E-state index in [9.17, 15) is 9.18 Å². The number of hydrogen-bond acceptors (Lipinski definition) is 4. The molecule has 1 aromatic heterocycles. The molecule has 5 nitrogen and oxygen atoms in total. The molecule has 26 heavy (non-hydrogen) atoms. The molecule has 0 saturated carbocycles. The summed E-state index contributed by atoms with van der Waals surface area (Å²) in [5.74, 6) is 0.231. The van der Waals surface area contributed by atoms with Crippen LogP contribution in [0.4, 0.5) is 10.2 Å². The van der Waals surface area contributed by atoms with Gasteiger partial charge in [0.1, 0.15) is 11.6 Å². The standard InChI is InChI=1S/C19H19ClFN3O2/c20-16-10-13(19(25)24-5-7-26-8-6-24)11-22-18(16)23-17-4-1-12-9-14(21)2-3-15(12)17/h2-3,9-11,17H,1,4-8H2,(H,22,23). The Morgan fingerprint density at radius 1 is 1.31 bits per heavy atom. The summed E-state index contributed by atoms with van der Waals surface area (Å²) in [7, 11) is 0. The molecule has 4 rings (SSSR count). The Bertz CT molecular complexity index is 840. The lowest BCUT2D eigenvalue weighted by atomic mass is 10.1. The first kappa shape index (κ1) is 17.2. The van der Waals surface area contributed by atoms with Gasteiger partial charge in [0.2, 0.25) is 0 Å². The summed E-state index contributed by atoms with van der Waals surface area (Å²) in [6, 6.07) is 6.54. The smallest absolute Gasteiger partial charge is 0.255 e. The number of rotatable bonds is 3. The van der Waals surface area contributed by atoms with Crippen LogP contribution in [-0.4, -0.2) is 42.1 Å². The fourth-order valence-corrected chi connectivity index (χ4v) is 3.73. The second kappa shape index (κ2) is 7.21. The van der Waals surface area contributed by atoms with E-state index in [1.54, 1.807) is 29.3 Å². The molecule has 1 saturated heterocycles. The van der Waals surface area contributed by atoms with Gasteiger partial charge in [-0.3, -0.25) is 4.79 Å². The van der Waals surface area contributed by atoms with E-state index in [0.717, 1.165) is 24.0 Å². The van der Waals surface area contributed by atoms with Gasteiger partial charge in [-0.05, 0) is 42.2 Å². The molecule has 1 aliphatic heterocycles. The molecule has 1 atom stereocenters. The maximum Gasteiger partial charge on any atom is 0.255 e. The number of hydrogen-bond donors (Lipinski definition) is 1. The summed E-state index contributed by atoms with van der Waals surface area (Å²) < 4.78 is 18.6. The summed E-state index contributed by atoms with van der Waals surface area (Å²) >= 11 is 6.36. The Kier molecular flexibility index (Phi) is 4.78. The van der Waals surface area contributed by atoms with Crippen molar-refractivity contribution in [1.82, 2.24) is 9.88 Å². The quantitative estimate of drug-likeness (QED) is 0.892. The van der Waals surface area contributed by atoms with Gasteiger partial charge in [0.05, 0.1) is 29.8 Å². The minimum absolute atomic E-state index is 0.0383. The number of pyridine rings is 1. The van der Waals surface area contributed by atoms with E-state index in [4.69, 9.17) is 16.3 Å². The van der Waals surface area contributed by atoms with Gasteiger partial charge in [-0.15, -0.1) is 0 Å². The number of anilines is 1. The van der Waals surface area contributed by atoms with Crippen molar-refractivity contribution in [1.29, 1.82) is 0 Å². The van der Waals surface area contributed by atoms with E-state index in [-0.39, 0.29) is 17.8 Å². The third-order valence-corrected chi connectivity index (χ3v) is 5.17. The molecule has 7 heteroatoms. The summed E-state index contributed by atoms with van der Waals surface area (Å²) in [6.07, 6.45) is 3.22. The van der Waals surface area contributed by atoms with Crippen LogP contribution in [0.5, 0.6) is 0 Å². The number of halogens is 2. The molecule has 0 radical (unpaired) electrons. The maximum atomic E-state index is 13.4. The Morgan fingerprint density at radius 3 is 2.88 bits per heavy atom. The summed E-state index contributed by atoms with van der Waals surface area (Å²) in [6.45, 7) is 2.25. The van der Waals surface area contributed by atoms with Crippen LogP contribution >= 0.6 is 11.6 Å². The molecule has 2 aliphatic rings. The van der Waals surface area contributed by atoms with Gasteiger partial charge >= 0.3 is 0 Å². The van der Waals surface area contributed by atoms with Crippen molar-refractivity contribution in [3.8, 4) is 0 Å². The lowest BCUT2D eigenvalue weighted by Gasteiger charge is -2.27. The van der Waals surface area contributed by atoms with Crippen LogP contribution in [0.25, 0.3) is 0 Å². The first-order valence-electron chi connectivity index (χ1n) is 8.69. The molecule has 1 amide bonds. The zero-order valence-electron chi connectivity index (χ0n) is 14.2. The third kappa shape index (κ3) is 3.39. The highest BCUT2D eigenvalue weighted by molar-refractivity contribution is 6.33. The van der Waals surface area contributed by atoms with Crippen LogP contribution < -0.4 is 5.32 Å². The van der Waals surface area contributed by atoms with Crippen LogP contribution in [-0.2, 0) is 11.2 Å². The SMILES string of the molecule is O=C(c1cnc(NC2CCc3cc(F)ccc32)c(Cl)c1)N1CCOCC1. The van der Waals surface area contributed by atoms with E-state index in [1.807, 2.05) is 0 Å². The summed E-state index contributed by atoms with van der Waals surface area (Å²) in [5.41, 5.74) is 2.55. The van der Waals surface area contributed by atoms with Crippen molar-refractivity contribution >= 4 is 23.3 Å². The van der Waals surface area contributed by atoms with Gasteiger partial charge in [0.25, 0.3) is 5.91 Å². The minimum Gasteiger partial charge on any atom is -0.378 e. The van der Waals surface area contributed by atoms with E-state index < -0.39 is 0 Å². The van der Waals surface area contributed by atoms with Crippen LogP contribution in [0.1, 0.15) is 33.9 Å². The Balaban J connectivity index is 1.50. The Labute approximate surface area is 156 Å². The minimum atomic E-state index is -0.216. The highest BCUT2D eigenvalue weighted by atomic mass is 35.5. The predicted octanol–water partition coefficient (Wildman–Crippen LogP) is 3.45. The monoisotopic (exact) mass is 375 g/mol. The first-order chi connectivity index (χ1) is 12.6. The lowest BCUT2D eigenvalue weighted by Crippen LogP contribution is -2.40. The molecule has 2 aromatic rings. The Hall–Kier alpha value is -2.18. The number of aryl methyl sites for hydroxylation is 1. The van der Waals surface area contributed by atoms with Gasteiger partial charge in [-0.25, -0.2) is 9.37 Å². The van der Waals surface area contributed by atoms with Crippen LogP contribution in [0.2, 0.25) is 5.02 Å². The molecule has 0 spiro atoms. The van der Waals surface area contributed by atoms with Crippen molar-refractivity contribution in [3.05, 3.63) is 58.0 Å². The van der Waals surface area contributed by atoms with Crippen molar-refractivity contribution in [3.63, 3.8) is 0 Å². The second-order valence-corrected chi connectivity index (χ2v) is 6.94. The number of carbonyl (C=O) groups excluding carboxylic acids is 1. The van der Waals surface area contributed by atoms with E-state index in [2.05, 4.69) is 10.3 Å². The second-order valence-electron chi connectivity index (χ2n) is 6.54. The molecular weight excluding hydrogens is 357 g/mol. The number of benzene rings is 1. The number of nitrogens with one attached hydrogen (secondary N) is 1. The van der Waals surface area contributed by atoms with Crippen molar-refractivity contribution in [2.45, 2.75) is 18.9 Å². The normalized spacial score (nSPS) is 19.3. The zero-order valence-corrected chi connectivity index (χ0v) is 14.9. The van der Waals surface area contributed by atoms with Crippen LogP contribution in [0.15, 0.2) is 30.5 Å². The molecule has 136 valence electrons. The molecule has 1 fully saturated rings. The fourth-order valence-electron chi connectivity index (χ4n) is 3.51. The molecular formula is C19H19ClFN3O2. The largest absolute Gasteiger partial charge is 0.378 e. The number of morpholine rings is 1. The third-order valence-electron chi connectivity index (χ3n) is 4.88. The van der Waals surface area contributed by atoms with Crippen molar-refractivity contribution in [2.24, 2.45) is 0 Å². The van der Waals surface area contributed by atoms with E-state index in [0.29, 0.717) is 42.7 Å². The topological polar surface area (TPSA) is 54.5 Å². The number of nitrogens with zero attached hydrogens (tertiary/aromatic N) is 2. The van der Waals surface area contributed by atoms with Gasteiger partial charge in [0, 0.05) is 19.3 Å². The highest BCUT2D eigenvalue weighted by Gasteiger charge is 2.24. The Morgan fingerprint density at radius 2 is 2.12 bits per heavy atom. The average Bonchev–Trinajstić information content (AvgIpc) is 3.05. The van der Waals surface area contributed by atoms with E-state index >= 15 is 0 Å². The van der Waals surface area contributed by atoms with Crippen LogP contribution in [0.3, 0.4) is 0 Å². The number of aromatic nitrogens is 1. The number of carbonyl (C=O) groups is 1. The van der Waals surface area contributed by atoms with E-state index in [1.165, 1.54) is 6.07 Å². The summed E-state index contributed by atoms with van der Waals surface area (Å²) in [4.78, 5) is 18.6. The highest BCUT2D eigenvalue weighted by Crippen LogP contribution is 2.35. The van der Waals surface area contributed by atoms with Gasteiger partial charge in [-0.2, -0.15) is 0 Å². The fraction of sp³-hybridized carbons (Fsp3) is 0.368. The molecule has 2 heterocycles. The predicted molar refractivity (Wildman–Crippen MR) is 97.1 cm³/mol. The van der Waals surface area contributed by atoms with Gasteiger partial charge in [-0.1, -0.05) is 17.7 Å². The maximum absolute atomic E-state index is 13.4. The molecule has 0 bridgehead atoms. The average molecular weight is 376 g/mol. The van der Waals surface area contributed by atoms with Crippen LogP contribution in [0, 0.1) is 5.82 Å². The number of ether oxygens (including phenoxy) is 1. The molecule has 1 unspecified atom stereocenters. The van der Waals surface area contributed by atoms with Crippen molar-refractivity contribution in [2.75, 3.05) is 31.6 Å². The first-order valence-corrected chi connectivity index (χ1v) is 9.07. The number of amides is 1. The lowest BCUT2D eigenvalue weighted by molar-refractivity contribution is 0.0302. The molecule has 1 aromatic carbocycles. The molecule has 1 aliphatic carbocycles. The summed E-state index contributed by atoms with van der Waals surface area (Å²) in [5, 5.41) is 3.72.